The Morgan fingerprint density at radius 2 is 0.820 bits per heavy atom. The Labute approximate surface area is 376 Å². The van der Waals surface area contributed by atoms with E-state index in [9.17, 15) is 24.7 Å². The highest BCUT2D eigenvalue weighted by atomic mass is 31.2. The highest BCUT2D eigenvalue weighted by Crippen LogP contribution is 2.49. The Morgan fingerprint density at radius 1 is 0.508 bits per heavy atom. The van der Waals surface area contributed by atoms with Gasteiger partial charge in [-0.2, -0.15) is 0 Å². The fourth-order valence-corrected chi connectivity index (χ4v) is 10.1. The maximum Gasteiger partial charge on any atom is 0.327 e. The molecular formula is C51H90O8P2. The van der Waals surface area contributed by atoms with Gasteiger partial charge in [-0.15, -0.1) is 0 Å². The van der Waals surface area contributed by atoms with Crippen molar-refractivity contribution in [3.63, 3.8) is 0 Å². The van der Waals surface area contributed by atoms with Crippen molar-refractivity contribution in [3.8, 4) is 5.75 Å². The summed E-state index contributed by atoms with van der Waals surface area (Å²) in [6, 6.07) is 9.17. The maximum atomic E-state index is 11.8. The molecule has 2 aromatic carbocycles. The third-order valence-electron chi connectivity index (χ3n) is 13.4. The Bertz CT molecular complexity index is 1380. The van der Waals surface area contributed by atoms with Gasteiger partial charge in [-0.25, -0.2) is 0 Å². The second-order valence-corrected chi connectivity index (χ2v) is 20.0. The third kappa shape index (κ3) is 19.1. The van der Waals surface area contributed by atoms with Crippen LogP contribution in [0.1, 0.15) is 203 Å². The second kappa shape index (κ2) is 30.9. The average Bonchev–Trinajstić information content (AvgIpc) is 3.24. The van der Waals surface area contributed by atoms with E-state index in [0.717, 1.165) is 162 Å². The molecular weight excluding hydrogens is 803 g/mol. The van der Waals surface area contributed by atoms with Crippen LogP contribution in [-0.4, -0.2) is 44.5 Å². The van der Waals surface area contributed by atoms with E-state index < -0.39 is 35.3 Å². The Balaban J connectivity index is 3.26. The summed E-state index contributed by atoms with van der Waals surface area (Å²) in [4.78, 5) is 41.2. The van der Waals surface area contributed by atoms with E-state index in [2.05, 4.69) is 93.5 Å². The molecule has 0 amide bonds. The van der Waals surface area contributed by atoms with E-state index in [1.54, 1.807) is 0 Å². The standard InChI is InChI=1S/C51H90O8P2/c1-11-19-23-40(15-5)31-44-27-38(9)28-45(32-41(16-6)24-20-12-2)48(44)50(51(35-52,36-57-60(53)54)37-58-61(55)56)59-49-46(33-42(17-7)25-21-13-3)29-39(10)30-47(49)34-43(18-8)26-22-14-4/h27-30,40-43,50,52-56H,11-26,31-37H2,1-10H3. The van der Waals surface area contributed by atoms with Crippen LogP contribution in [0, 0.1) is 42.9 Å². The highest BCUT2D eigenvalue weighted by molar-refractivity contribution is 7.39. The van der Waals surface area contributed by atoms with Gasteiger partial charge in [-0.3, -0.25) is 0 Å². The lowest BCUT2D eigenvalue weighted by molar-refractivity contribution is -0.0667. The number of ether oxygens (including phenoxy) is 1. The van der Waals surface area contributed by atoms with Crippen molar-refractivity contribution in [3.05, 3.63) is 63.2 Å². The molecule has 5 unspecified atom stereocenters. The Kier molecular flexibility index (Phi) is 28.3. The molecule has 0 saturated heterocycles. The first-order valence-corrected chi connectivity index (χ1v) is 26.7. The molecule has 352 valence electrons. The van der Waals surface area contributed by atoms with E-state index in [1.807, 2.05) is 0 Å². The number of aliphatic hydroxyl groups excluding tert-OH is 1. The molecule has 0 heterocycles. The van der Waals surface area contributed by atoms with Gasteiger partial charge < -0.3 is 38.5 Å². The van der Waals surface area contributed by atoms with E-state index in [-0.39, 0.29) is 13.2 Å². The van der Waals surface area contributed by atoms with Crippen LogP contribution in [0.4, 0.5) is 0 Å². The van der Waals surface area contributed by atoms with Crippen LogP contribution < -0.4 is 4.74 Å². The number of benzene rings is 2. The van der Waals surface area contributed by atoms with E-state index >= 15 is 0 Å². The van der Waals surface area contributed by atoms with Crippen LogP contribution in [0.15, 0.2) is 24.3 Å². The third-order valence-corrected chi connectivity index (χ3v) is 14.1. The van der Waals surface area contributed by atoms with Crippen molar-refractivity contribution < 1.29 is 38.5 Å². The quantitative estimate of drug-likeness (QED) is 0.0433. The van der Waals surface area contributed by atoms with Gasteiger partial charge in [-0.05, 0) is 91.0 Å². The fourth-order valence-electron chi connectivity index (χ4n) is 9.38. The topological polar surface area (TPSA) is 129 Å². The molecule has 0 aliphatic rings. The number of hydrogen-bond acceptors (Lipinski definition) is 8. The molecule has 5 atom stereocenters. The van der Waals surface area contributed by atoms with Crippen molar-refractivity contribution in [2.24, 2.45) is 29.1 Å². The lowest BCUT2D eigenvalue weighted by Gasteiger charge is -2.42. The first-order valence-electron chi connectivity index (χ1n) is 24.4. The van der Waals surface area contributed by atoms with Crippen molar-refractivity contribution in [2.75, 3.05) is 19.8 Å². The normalized spacial score (nSPS) is 14.8. The van der Waals surface area contributed by atoms with Crippen molar-refractivity contribution in [1.29, 1.82) is 0 Å². The molecule has 8 nitrogen and oxygen atoms in total. The van der Waals surface area contributed by atoms with Crippen LogP contribution >= 0.6 is 17.2 Å². The summed E-state index contributed by atoms with van der Waals surface area (Å²) < 4.78 is 19.3. The van der Waals surface area contributed by atoms with Crippen LogP contribution in [0.25, 0.3) is 0 Å². The van der Waals surface area contributed by atoms with E-state index in [4.69, 9.17) is 13.8 Å². The molecule has 2 aromatic rings. The van der Waals surface area contributed by atoms with Crippen LogP contribution in [-0.2, 0) is 34.7 Å². The lowest BCUT2D eigenvalue weighted by Crippen LogP contribution is -2.45. The molecule has 2 rings (SSSR count). The number of rotatable bonds is 35. The van der Waals surface area contributed by atoms with Gasteiger partial charge in [0.15, 0.2) is 0 Å². The Morgan fingerprint density at radius 3 is 1.10 bits per heavy atom. The largest absolute Gasteiger partial charge is 0.484 e. The van der Waals surface area contributed by atoms with Crippen molar-refractivity contribution in [2.45, 2.75) is 204 Å². The summed E-state index contributed by atoms with van der Waals surface area (Å²) in [6.07, 6.45) is 20.2. The molecule has 0 radical (unpaired) electrons. The summed E-state index contributed by atoms with van der Waals surface area (Å²) in [7, 11) is -5.63. The molecule has 5 N–H and O–H groups in total. The summed E-state index contributed by atoms with van der Waals surface area (Å²) in [5, 5.41) is 11.8. The summed E-state index contributed by atoms with van der Waals surface area (Å²) >= 11 is 0. The predicted molar refractivity (Wildman–Crippen MR) is 258 cm³/mol. The minimum absolute atomic E-state index is 0.332. The molecule has 0 fully saturated rings. The summed E-state index contributed by atoms with van der Waals surface area (Å²) in [5.41, 5.74) is 6.54. The van der Waals surface area contributed by atoms with Crippen LogP contribution in [0.2, 0.25) is 0 Å². The predicted octanol–water partition coefficient (Wildman–Crippen LogP) is 13.9. The fraction of sp³-hybridized carbons (Fsp3) is 0.765. The number of hydrogen-bond donors (Lipinski definition) is 5. The lowest BCUT2D eigenvalue weighted by atomic mass is 9.74. The summed E-state index contributed by atoms with van der Waals surface area (Å²) in [6.45, 7) is 21.3. The van der Waals surface area contributed by atoms with Gasteiger partial charge in [0.25, 0.3) is 0 Å². The zero-order chi connectivity index (χ0) is 45.4. The Hall–Kier alpha value is -1.18. The van der Waals surface area contributed by atoms with Crippen LogP contribution in [0.3, 0.4) is 0 Å². The maximum absolute atomic E-state index is 11.8. The van der Waals surface area contributed by atoms with Gasteiger partial charge in [0.1, 0.15) is 11.9 Å². The number of aliphatic hydroxyl groups is 1. The van der Waals surface area contributed by atoms with E-state index in [1.165, 1.54) is 11.1 Å². The molecule has 0 aliphatic carbocycles. The zero-order valence-electron chi connectivity index (χ0n) is 40.3. The number of aryl methyl sites for hydroxylation is 2. The average molecular weight is 893 g/mol. The SMILES string of the molecule is CCCCC(CC)Cc1cc(C)cc(CC(CC)CCCC)c1OC(c1c(CC(CC)CCCC)cc(C)cc1CC(CC)CCCC)C(CO)(COP(O)O)COP(O)O. The van der Waals surface area contributed by atoms with Gasteiger partial charge in [0.05, 0.1) is 25.2 Å². The minimum atomic E-state index is -2.82. The van der Waals surface area contributed by atoms with Gasteiger partial charge in [-0.1, -0.05) is 194 Å². The molecule has 0 spiro atoms. The van der Waals surface area contributed by atoms with Gasteiger partial charge >= 0.3 is 17.2 Å². The molecule has 61 heavy (non-hydrogen) atoms. The molecule has 10 heteroatoms. The van der Waals surface area contributed by atoms with Gasteiger partial charge in [0.2, 0.25) is 0 Å². The first kappa shape index (κ1) is 56.0. The molecule has 0 aromatic heterocycles. The first-order chi connectivity index (χ1) is 29.3. The molecule has 0 aliphatic heterocycles. The molecule has 0 bridgehead atoms. The smallest absolute Gasteiger partial charge is 0.327 e. The molecule has 0 saturated carbocycles. The zero-order valence-corrected chi connectivity index (χ0v) is 42.1. The summed E-state index contributed by atoms with van der Waals surface area (Å²) in [5.74, 6) is 2.61. The highest BCUT2D eigenvalue weighted by Gasteiger charge is 2.46. The second-order valence-electron chi connectivity index (χ2n) is 18.5. The minimum Gasteiger partial charge on any atom is -0.484 e. The van der Waals surface area contributed by atoms with E-state index in [0.29, 0.717) is 23.7 Å². The monoisotopic (exact) mass is 893 g/mol. The van der Waals surface area contributed by atoms with Crippen molar-refractivity contribution >= 4 is 17.2 Å². The number of unbranched alkanes of at least 4 members (excludes halogenated alkanes) is 4. The van der Waals surface area contributed by atoms with Crippen LogP contribution in [0.5, 0.6) is 5.75 Å². The van der Waals surface area contributed by atoms with Crippen molar-refractivity contribution in [1.82, 2.24) is 0 Å². The van der Waals surface area contributed by atoms with Gasteiger partial charge in [0, 0.05) is 0 Å².